The van der Waals surface area contributed by atoms with Crippen LogP contribution in [0.5, 0.6) is 11.8 Å². The number of fused-ring (bicyclic) bond motifs is 2. The number of hydrogen-bond donors (Lipinski definition) is 4. The number of hydrogen-bond acceptors (Lipinski definition) is 19. The van der Waals surface area contributed by atoms with Gasteiger partial charge in [0.1, 0.15) is 0 Å². The van der Waals surface area contributed by atoms with E-state index in [1.807, 2.05) is 48.5 Å². The second kappa shape index (κ2) is 42.3. The first-order chi connectivity index (χ1) is 37.8. The number of benzene rings is 2. The number of carbonyl (C=O) groups excluding carboxylic acids is 4. The highest BCUT2D eigenvalue weighted by molar-refractivity contribution is 5.95. The Balaban J connectivity index is 0.774. The molecule has 1 aliphatic heterocycles. The summed E-state index contributed by atoms with van der Waals surface area (Å²) < 4.78 is 66.3. The molecule has 3 amide bonds. The number of nitrogens with zero attached hydrogens (tertiary/aromatic N) is 2. The summed E-state index contributed by atoms with van der Waals surface area (Å²) >= 11 is 0. The molecular formula is C54H78N4O19. The largest absolute Gasteiger partial charge is 0.492 e. The summed E-state index contributed by atoms with van der Waals surface area (Å²) in [6, 6.07) is 17.7. The molecule has 0 radical (unpaired) electrons. The quantitative estimate of drug-likeness (QED) is 0.0467. The standard InChI is InChI=1S/C54H78N4O19/c59-49(55-18-16-51(61)57-44-47-8-2-1-6-45(47)12-13-46-7-3-4-9-48(46)57)10-5-11-50(60)56-19-21-66-23-25-68-27-29-70-31-33-72-35-37-74-39-41-76-43-42-75-40-38-73-36-34-71-32-30-69-28-26-67-24-22-65-20-17-54(64)77-58-52(62)14-15-53(58)63/h1-4,6-9,14-15,62-63H,5,10-11,16-44H2,(H,55,59)(H,56,60). The molecule has 0 fully saturated rings. The van der Waals surface area contributed by atoms with Crippen molar-refractivity contribution in [3.05, 3.63) is 77.4 Å². The molecule has 428 valence electrons. The van der Waals surface area contributed by atoms with Crippen LogP contribution in [0.25, 0.3) is 0 Å². The van der Waals surface area contributed by atoms with E-state index >= 15 is 0 Å². The summed E-state index contributed by atoms with van der Waals surface area (Å²) in [6.45, 7) is 10.7. The molecule has 0 saturated heterocycles. The van der Waals surface area contributed by atoms with Crippen molar-refractivity contribution >= 4 is 29.4 Å². The summed E-state index contributed by atoms with van der Waals surface area (Å²) in [7, 11) is 0. The van der Waals surface area contributed by atoms with Crippen molar-refractivity contribution in [1.29, 1.82) is 0 Å². The Morgan fingerprint density at radius 1 is 0.429 bits per heavy atom. The minimum absolute atomic E-state index is 0.0575. The SMILES string of the molecule is O=C(CCCC(=O)NCCC(=O)N1Cc2ccccc2C#Cc2ccccc21)NCCOCCOCCOCCOCCOCCOCCOCCOCCOCCOCCOCCOCCC(=O)On1c(O)ccc1O. The van der Waals surface area contributed by atoms with Crippen molar-refractivity contribution in [2.75, 3.05) is 177 Å². The number of amides is 3. The van der Waals surface area contributed by atoms with Crippen LogP contribution >= 0.6 is 0 Å². The summed E-state index contributed by atoms with van der Waals surface area (Å²) in [4.78, 5) is 56.3. The van der Waals surface area contributed by atoms with E-state index in [9.17, 15) is 29.4 Å². The third-order valence-corrected chi connectivity index (χ3v) is 10.7. The topological polar surface area (TPSA) is 261 Å². The molecule has 0 bridgehead atoms. The molecule has 2 aromatic carbocycles. The second-order valence-corrected chi connectivity index (χ2v) is 16.6. The summed E-state index contributed by atoms with van der Waals surface area (Å²) in [6.07, 6.45) is 0.856. The fraction of sp³-hybridized carbons (Fsp3) is 0.593. The van der Waals surface area contributed by atoms with Crippen LogP contribution in [0, 0.1) is 11.8 Å². The van der Waals surface area contributed by atoms with Gasteiger partial charge in [0.05, 0.1) is 177 Å². The molecule has 0 atom stereocenters. The Morgan fingerprint density at radius 3 is 1.27 bits per heavy atom. The van der Waals surface area contributed by atoms with Crippen LogP contribution in [0.1, 0.15) is 48.8 Å². The minimum Gasteiger partial charge on any atom is -0.492 e. The number of aromatic hydroxyl groups is 2. The molecule has 0 saturated carbocycles. The van der Waals surface area contributed by atoms with Gasteiger partial charge >= 0.3 is 5.97 Å². The Hall–Kier alpha value is -5.72. The van der Waals surface area contributed by atoms with Gasteiger partial charge in [-0.05, 0) is 30.2 Å². The number of nitrogens with one attached hydrogen (secondary N) is 2. The Morgan fingerprint density at radius 2 is 0.805 bits per heavy atom. The molecule has 0 spiro atoms. The van der Waals surface area contributed by atoms with Gasteiger partial charge in [0.25, 0.3) is 0 Å². The normalized spacial score (nSPS) is 11.8. The maximum absolute atomic E-state index is 13.3. The van der Waals surface area contributed by atoms with E-state index in [2.05, 4.69) is 22.5 Å². The number of ether oxygens (including phenoxy) is 12. The minimum atomic E-state index is -0.668. The van der Waals surface area contributed by atoms with Crippen LogP contribution in [-0.4, -0.2) is 210 Å². The zero-order chi connectivity index (χ0) is 54.6. The summed E-state index contributed by atoms with van der Waals surface area (Å²) in [5.41, 5.74) is 3.38. The van der Waals surface area contributed by atoms with Gasteiger partial charge in [-0.25, -0.2) is 4.79 Å². The van der Waals surface area contributed by atoms with Gasteiger partial charge in [-0.15, -0.1) is 4.73 Å². The Labute approximate surface area is 450 Å². The highest BCUT2D eigenvalue weighted by Gasteiger charge is 2.21. The maximum atomic E-state index is 13.3. The van der Waals surface area contributed by atoms with Crippen molar-refractivity contribution in [2.24, 2.45) is 0 Å². The van der Waals surface area contributed by atoms with Crippen LogP contribution in [0.4, 0.5) is 5.69 Å². The number of rotatable bonds is 47. The maximum Gasteiger partial charge on any atom is 0.335 e. The average molecular weight is 1090 g/mol. The first-order valence-electron chi connectivity index (χ1n) is 26.1. The van der Waals surface area contributed by atoms with E-state index in [1.54, 1.807) is 4.90 Å². The van der Waals surface area contributed by atoms with Crippen LogP contribution in [0.3, 0.4) is 0 Å². The average Bonchev–Trinajstić information content (AvgIpc) is 3.74. The lowest BCUT2D eigenvalue weighted by atomic mass is 10.0. The molecule has 23 heteroatoms. The molecule has 2 heterocycles. The zero-order valence-corrected chi connectivity index (χ0v) is 44.1. The second-order valence-electron chi connectivity index (χ2n) is 16.6. The molecule has 23 nitrogen and oxygen atoms in total. The number of anilines is 1. The number of para-hydroxylation sites is 1. The molecule has 4 rings (SSSR count). The van der Waals surface area contributed by atoms with Crippen molar-refractivity contribution in [2.45, 2.75) is 38.6 Å². The first-order valence-corrected chi connectivity index (χ1v) is 26.1. The molecule has 0 aliphatic carbocycles. The van der Waals surface area contributed by atoms with Crippen molar-refractivity contribution in [3.63, 3.8) is 0 Å². The molecule has 77 heavy (non-hydrogen) atoms. The van der Waals surface area contributed by atoms with Crippen LogP contribution in [0.15, 0.2) is 60.7 Å². The predicted octanol–water partition coefficient (Wildman–Crippen LogP) is 2.18. The van der Waals surface area contributed by atoms with Gasteiger partial charge in [0.15, 0.2) is 0 Å². The molecule has 0 unspecified atom stereocenters. The summed E-state index contributed by atoms with van der Waals surface area (Å²) in [5, 5.41) is 24.5. The van der Waals surface area contributed by atoms with Gasteiger partial charge in [-0.2, -0.15) is 0 Å². The van der Waals surface area contributed by atoms with E-state index in [-0.39, 0.29) is 74.9 Å². The first kappa shape index (κ1) is 63.8. The number of carbonyl (C=O) groups is 4. The van der Waals surface area contributed by atoms with Gasteiger partial charge in [0, 0.05) is 55.6 Å². The van der Waals surface area contributed by atoms with E-state index in [0.717, 1.165) is 22.4 Å². The van der Waals surface area contributed by atoms with E-state index in [0.29, 0.717) is 170 Å². The number of aromatic nitrogens is 1. The lowest BCUT2D eigenvalue weighted by Crippen LogP contribution is -2.35. The van der Waals surface area contributed by atoms with Gasteiger partial charge in [0.2, 0.25) is 29.5 Å². The summed E-state index contributed by atoms with van der Waals surface area (Å²) in [5.74, 6) is 4.48. The van der Waals surface area contributed by atoms with E-state index in [4.69, 9.17) is 61.7 Å². The van der Waals surface area contributed by atoms with Crippen molar-refractivity contribution in [3.8, 4) is 23.6 Å². The van der Waals surface area contributed by atoms with Crippen LogP contribution in [0.2, 0.25) is 0 Å². The monoisotopic (exact) mass is 1090 g/mol. The third-order valence-electron chi connectivity index (χ3n) is 10.7. The Kier molecular flexibility index (Phi) is 35.1. The van der Waals surface area contributed by atoms with E-state index in [1.165, 1.54) is 12.1 Å². The lowest BCUT2D eigenvalue weighted by Gasteiger charge is -2.26. The van der Waals surface area contributed by atoms with Gasteiger partial charge in [-0.3, -0.25) is 14.4 Å². The van der Waals surface area contributed by atoms with Crippen LogP contribution < -0.4 is 20.4 Å². The fourth-order valence-corrected chi connectivity index (χ4v) is 6.82. The fourth-order valence-electron chi connectivity index (χ4n) is 6.82. The van der Waals surface area contributed by atoms with E-state index < -0.39 is 5.97 Å². The highest BCUT2D eigenvalue weighted by Crippen LogP contribution is 2.26. The molecular weight excluding hydrogens is 1010 g/mol. The smallest absolute Gasteiger partial charge is 0.335 e. The molecule has 3 aromatic rings. The lowest BCUT2D eigenvalue weighted by molar-refractivity contribution is -0.146. The molecule has 1 aliphatic rings. The van der Waals surface area contributed by atoms with Crippen LogP contribution in [-0.2, 0) is 82.6 Å². The van der Waals surface area contributed by atoms with Crippen molar-refractivity contribution < 1.29 is 91.1 Å². The predicted molar refractivity (Wildman–Crippen MR) is 278 cm³/mol. The Bertz CT molecular complexity index is 2130. The molecule has 4 N–H and O–H groups in total. The highest BCUT2D eigenvalue weighted by atomic mass is 16.7. The van der Waals surface area contributed by atoms with Crippen molar-refractivity contribution in [1.82, 2.24) is 15.4 Å². The van der Waals surface area contributed by atoms with Gasteiger partial charge in [-0.1, -0.05) is 42.2 Å². The third kappa shape index (κ3) is 30.1. The zero-order valence-electron chi connectivity index (χ0n) is 44.1. The molecule has 1 aromatic heterocycles. The van der Waals surface area contributed by atoms with Gasteiger partial charge < -0.3 is 87.4 Å².